The predicted molar refractivity (Wildman–Crippen MR) is 171 cm³/mol. The summed E-state index contributed by atoms with van der Waals surface area (Å²) in [6.07, 6.45) is 3.14. The van der Waals surface area contributed by atoms with E-state index < -0.39 is 5.97 Å². The van der Waals surface area contributed by atoms with E-state index in [2.05, 4.69) is 10.6 Å². The third-order valence-corrected chi connectivity index (χ3v) is 5.93. The van der Waals surface area contributed by atoms with Crippen LogP contribution in [0.5, 0.6) is 0 Å². The molecule has 278 valence electrons. The minimum Gasteiger partial charge on any atom is -0.481 e. The quantitative estimate of drug-likeness (QED) is 0.0757. The molecule has 0 saturated carbocycles. The van der Waals surface area contributed by atoms with Crippen molar-refractivity contribution >= 4 is 17.8 Å². The van der Waals surface area contributed by atoms with Crippen LogP contribution in [0.25, 0.3) is 0 Å². The fourth-order valence-corrected chi connectivity index (χ4v) is 3.49. The molecular weight excluding hydrogens is 624 g/mol. The molecule has 2 amide bonds. The maximum atomic E-state index is 11.8. The van der Waals surface area contributed by atoms with Crippen molar-refractivity contribution in [1.82, 2.24) is 10.6 Å². The van der Waals surface area contributed by atoms with Crippen molar-refractivity contribution in [1.29, 1.82) is 0 Å². The molecule has 0 heterocycles. The van der Waals surface area contributed by atoms with E-state index in [0.29, 0.717) is 151 Å². The van der Waals surface area contributed by atoms with Crippen LogP contribution in [0.4, 0.5) is 0 Å². The summed E-state index contributed by atoms with van der Waals surface area (Å²) in [5.41, 5.74) is 0. The summed E-state index contributed by atoms with van der Waals surface area (Å²) in [6, 6.07) is 0. The van der Waals surface area contributed by atoms with Gasteiger partial charge in [0, 0.05) is 33.0 Å². The normalized spacial score (nSPS) is 11.2. The molecule has 16 nitrogen and oxygen atoms in total. The molecule has 16 heteroatoms. The smallest absolute Gasteiger partial charge is 0.303 e. The average molecular weight is 685 g/mol. The number of carbonyl (C=O) groups is 3. The summed E-state index contributed by atoms with van der Waals surface area (Å²) in [5, 5.41) is 14.0. The van der Waals surface area contributed by atoms with Crippen molar-refractivity contribution in [3.8, 4) is 0 Å². The van der Waals surface area contributed by atoms with Crippen molar-refractivity contribution < 1.29 is 66.9 Å². The highest BCUT2D eigenvalue weighted by molar-refractivity contribution is 5.77. The number of nitrogens with one attached hydrogen (secondary N) is 2. The maximum Gasteiger partial charge on any atom is 0.303 e. The number of methoxy groups -OCH3 is 1. The van der Waals surface area contributed by atoms with Gasteiger partial charge in [-0.15, -0.1) is 0 Å². The molecule has 0 saturated heterocycles. The number of rotatable bonds is 39. The minimum atomic E-state index is -0.869. The number of carboxylic acid groups (broad SMARTS) is 1. The van der Waals surface area contributed by atoms with Gasteiger partial charge >= 0.3 is 5.97 Å². The first-order chi connectivity index (χ1) is 23.1. The molecule has 0 rings (SSSR count). The molecule has 0 aromatic heterocycles. The van der Waals surface area contributed by atoms with Crippen LogP contribution < -0.4 is 10.6 Å². The largest absolute Gasteiger partial charge is 0.481 e. The van der Waals surface area contributed by atoms with E-state index in [4.69, 9.17) is 52.5 Å². The molecule has 0 atom stereocenters. The Bertz CT molecular complexity index is 705. The fraction of sp³-hybridized carbons (Fsp3) is 0.903. The monoisotopic (exact) mass is 684 g/mol. The van der Waals surface area contributed by atoms with Gasteiger partial charge in [-0.1, -0.05) is 6.42 Å². The van der Waals surface area contributed by atoms with Gasteiger partial charge in [-0.2, -0.15) is 0 Å². The lowest BCUT2D eigenvalue weighted by atomic mass is 10.2. The average Bonchev–Trinajstić information content (AvgIpc) is 3.05. The molecule has 3 N–H and O–H groups in total. The second-order valence-electron chi connectivity index (χ2n) is 9.95. The highest BCUT2D eigenvalue weighted by atomic mass is 16.6. The number of aliphatic carboxylic acids is 1. The first kappa shape index (κ1) is 45.0. The molecule has 47 heavy (non-hydrogen) atoms. The van der Waals surface area contributed by atoms with E-state index in [0.717, 1.165) is 12.8 Å². The topological polar surface area (TPSA) is 188 Å². The number of ether oxygens (including phenoxy) is 10. The van der Waals surface area contributed by atoms with Crippen molar-refractivity contribution in [3.05, 3.63) is 0 Å². The van der Waals surface area contributed by atoms with Crippen LogP contribution in [0, 0.1) is 0 Å². The zero-order valence-electron chi connectivity index (χ0n) is 28.3. The molecule has 0 aliphatic carbocycles. The third kappa shape index (κ3) is 40.1. The number of amides is 2. The van der Waals surface area contributed by atoms with Crippen LogP contribution in [0.1, 0.15) is 38.5 Å². The van der Waals surface area contributed by atoms with Gasteiger partial charge in [0.15, 0.2) is 0 Å². The SMILES string of the molecule is COCCOCCOCCOCCOCCOCCOCCOCCOCCOCC(=O)NCCCCCC(=O)NCCCC(=O)O. The Hall–Kier alpha value is -1.99. The summed E-state index contributed by atoms with van der Waals surface area (Å²) in [6.45, 7) is 9.50. The predicted octanol–water partition coefficient (Wildman–Crippen LogP) is 0.440. The second-order valence-corrected chi connectivity index (χ2v) is 9.95. The maximum absolute atomic E-state index is 11.8. The van der Waals surface area contributed by atoms with Crippen molar-refractivity contribution in [2.24, 2.45) is 0 Å². The molecule has 0 fully saturated rings. The van der Waals surface area contributed by atoms with Gasteiger partial charge in [0.05, 0.1) is 119 Å². The standard InChI is InChI=1S/C31H60N2O14/c1-38-10-11-39-12-13-40-14-15-41-16-17-42-18-19-43-20-21-44-22-23-45-24-25-46-26-27-47-28-30(35)33-8-4-2-3-6-29(34)32-9-5-7-31(36)37/h2-28H2,1H3,(H,32,34)(H,33,35)(H,36,37). The molecule has 0 aromatic rings. The summed E-state index contributed by atoms with van der Waals surface area (Å²) < 4.78 is 53.5. The van der Waals surface area contributed by atoms with E-state index in [1.54, 1.807) is 7.11 Å². The van der Waals surface area contributed by atoms with Crippen LogP contribution in [-0.4, -0.2) is 169 Å². The zero-order chi connectivity index (χ0) is 34.3. The van der Waals surface area contributed by atoms with E-state index >= 15 is 0 Å². The number of unbranched alkanes of at least 4 members (excludes halogenated alkanes) is 2. The molecule has 0 bridgehead atoms. The number of hydrogen-bond acceptors (Lipinski definition) is 13. The first-order valence-electron chi connectivity index (χ1n) is 16.5. The molecule has 0 aromatic carbocycles. The molecule has 0 radical (unpaired) electrons. The lowest BCUT2D eigenvalue weighted by Crippen LogP contribution is -2.29. The van der Waals surface area contributed by atoms with Crippen molar-refractivity contribution in [2.75, 3.05) is 146 Å². The summed E-state index contributed by atoms with van der Waals surface area (Å²) in [4.78, 5) is 33.8. The van der Waals surface area contributed by atoms with Gasteiger partial charge in [0.1, 0.15) is 6.61 Å². The van der Waals surface area contributed by atoms with E-state index in [-0.39, 0.29) is 24.8 Å². The van der Waals surface area contributed by atoms with Crippen LogP contribution in [0.3, 0.4) is 0 Å². The Labute approximate surface area is 279 Å². The third-order valence-electron chi connectivity index (χ3n) is 5.93. The number of carboxylic acids is 1. The fourth-order valence-electron chi connectivity index (χ4n) is 3.49. The Morgan fingerprint density at radius 3 is 1.19 bits per heavy atom. The van der Waals surface area contributed by atoms with Crippen LogP contribution in [0.2, 0.25) is 0 Å². The first-order valence-corrected chi connectivity index (χ1v) is 16.5. The molecule has 0 spiro atoms. The van der Waals surface area contributed by atoms with Crippen LogP contribution >= 0.6 is 0 Å². The van der Waals surface area contributed by atoms with Crippen molar-refractivity contribution in [3.63, 3.8) is 0 Å². The summed E-state index contributed by atoms with van der Waals surface area (Å²) in [7, 11) is 1.64. The van der Waals surface area contributed by atoms with Gasteiger partial charge in [-0.3, -0.25) is 14.4 Å². The molecule has 0 unspecified atom stereocenters. The summed E-state index contributed by atoms with van der Waals surface area (Å²) >= 11 is 0. The molecule has 0 aliphatic rings. The Morgan fingerprint density at radius 1 is 0.426 bits per heavy atom. The zero-order valence-corrected chi connectivity index (χ0v) is 28.3. The van der Waals surface area contributed by atoms with E-state index in [1.165, 1.54) is 0 Å². The van der Waals surface area contributed by atoms with E-state index in [1.807, 2.05) is 0 Å². The lowest BCUT2D eigenvalue weighted by molar-refractivity contribution is -0.137. The Kier molecular flexibility index (Phi) is 36.8. The van der Waals surface area contributed by atoms with E-state index in [9.17, 15) is 14.4 Å². The van der Waals surface area contributed by atoms with Gasteiger partial charge in [-0.05, 0) is 19.3 Å². The van der Waals surface area contributed by atoms with Gasteiger partial charge in [0.25, 0.3) is 0 Å². The van der Waals surface area contributed by atoms with Gasteiger partial charge < -0.3 is 63.1 Å². The number of carbonyl (C=O) groups excluding carboxylic acids is 2. The van der Waals surface area contributed by atoms with Gasteiger partial charge in [0.2, 0.25) is 11.8 Å². The number of hydrogen-bond donors (Lipinski definition) is 3. The minimum absolute atomic E-state index is 0.0358. The van der Waals surface area contributed by atoms with Gasteiger partial charge in [-0.25, -0.2) is 0 Å². The molecule has 0 aliphatic heterocycles. The lowest BCUT2D eigenvalue weighted by Gasteiger charge is -2.09. The molecular formula is C31H60N2O14. The second kappa shape index (κ2) is 38.5. The Morgan fingerprint density at radius 2 is 0.787 bits per heavy atom. The van der Waals surface area contributed by atoms with Crippen LogP contribution in [0.15, 0.2) is 0 Å². The summed E-state index contributed by atoms with van der Waals surface area (Å²) in [5.74, 6) is -1.15. The highest BCUT2D eigenvalue weighted by Crippen LogP contribution is 1.99. The van der Waals surface area contributed by atoms with Crippen molar-refractivity contribution in [2.45, 2.75) is 38.5 Å². The Balaban J connectivity index is 3.18. The highest BCUT2D eigenvalue weighted by Gasteiger charge is 2.04. The van der Waals surface area contributed by atoms with Crippen LogP contribution in [-0.2, 0) is 61.8 Å².